The van der Waals surface area contributed by atoms with Gasteiger partial charge in [-0.2, -0.15) is 0 Å². The summed E-state index contributed by atoms with van der Waals surface area (Å²) >= 11 is 1.84. The summed E-state index contributed by atoms with van der Waals surface area (Å²) in [5, 5.41) is 3.38. The van der Waals surface area contributed by atoms with E-state index in [2.05, 4.69) is 67.1 Å². The molecule has 2 heterocycles. The number of anilines is 1. The van der Waals surface area contributed by atoms with Gasteiger partial charge in [0.1, 0.15) is 12.4 Å². The van der Waals surface area contributed by atoms with Crippen LogP contribution in [0.5, 0.6) is 5.75 Å². The van der Waals surface area contributed by atoms with Crippen LogP contribution in [0.2, 0.25) is 0 Å². The minimum atomic E-state index is 0.661. The number of thiophene rings is 1. The minimum absolute atomic E-state index is 0.661. The third kappa shape index (κ3) is 4.45. The molecule has 0 radical (unpaired) electrons. The maximum absolute atomic E-state index is 5.94. The van der Waals surface area contributed by atoms with Crippen molar-refractivity contribution in [2.45, 2.75) is 33.7 Å². The average molecular weight is 355 g/mol. The molecule has 3 rings (SSSR count). The van der Waals surface area contributed by atoms with Crippen LogP contribution in [0, 0.1) is 13.8 Å². The fraction of sp³-hybridized carbons (Fsp3) is 0.333. The molecule has 0 unspecified atom stereocenters. The summed E-state index contributed by atoms with van der Waals surface area (Å²) < 4.78 is 8.28. The highest BCUT2D eigenvalue weighted by Crippen LogP contribution is 2.29. The predicted molar refractivity (Wildman–Crippen MR) is 108 cm³/mol. The van der Waals surface area contributed by atoms with Crippen molar-refractivity contribution in [1.29, 1.82) is 0 Å². The Balaban J connectivity index is 1.60. The first kappa shape index (κ1) is 17.6. The second kappa shape index (κ2) is 8.26. The molecule has 25 heavy (non-hydrogen) atoms. The molecule has 0 saturated carbocycles. The molecule has 1 N–H and O–H groups in total. The van der Waals surface area contributed by atoms with Crippen LogP contribution < -0.4 is 10.1 Å². The van der Waals surface area contributed by atoms with Gasteiger partial charge in [0, 0.05) is 22.8 Å². The molecule has 1 aromatic carbocycles. The van der Waals surface area contributed by atoms with Gasteiger partial charge >= 0.3 is 0 Å². The lowest BCUT2D eigenvalue weighted by Gasteiger charge is -2.12. The zero-order chi connectivity index (χ0) is 17.6. The van der Waals surface area contributed by atoms with Gasteiger partial charge in [0.25, 0.3) is 0 Å². The molecule has 0 aliphatic rings. The van der Waals surface area contributed by atoms with E-state index in [1.807, 2.05) is 23.5 Å². The molecule has 0 spiro atoms. The molecule has 0 fully saturated rings. The second-order valence-corrected chi connectivity index (χ2v) is 7.51. The number of hydrogen-bond acceptors (Lipinski definition) is 3. The summed E-state index contributed by atoms with van der Waals surface area (Å²) in [6.45, 7) is 8.97. The van der Waals surface area contributed by atoms with Crippen molar-refractivity contribution in [2.75, 3.05) is 18.5 Å². The lowest BCUT2D eigenvalue weighted by molar-refractivity contribution is 0.298. The standard InChI is InChI=1S/C21H26N2OS/c1-4-13-22-18-7-9-19(10-8-18)24-15-14-23-16(2)5-11-20(23)21-12-6-17(3)25-21/h5-12,22H,4,13-15H2,1-3H3. The summed E-state index contributed by atoms with van der Waals surface area (Å²) in [6.07, 6.45) is 1.13. The number of ether oxygens (including phenoxy) is 1. The highest BCUT2D eigenvalue weighted by molar-refractivity contribution is 7.15. The van der Waals surface area contributed by atoms with Gasteiger partial charge in [-0.1, -0.05) is 6.92 Å². The molecule has 2 aromatic heterocycles. The van der Waals surface area contributed by atoms with Gasteiger partial charge in [-0.3, -0.25) is 0 Å². The van der Waals surface area contributed by atoms with Crippen molar-refractivity contribution < 1.29 is 4.74 Å². The first-order chi connectivity index (χ1) is 12.2. The number of nitrogens with zero attached hydrogens (tertiary/aromatic N) is 1. The average Bonchev–Trinajstić information content (AvgIpc) is 3.20. The van der Waals surface area contributed by atoms with Crippen LogP contribution >= 0.6 is 11.3 Å². The minimum Gasteiger partial charge on any atom is -0.492 e. The number of hydrogen-bond donors (Lipinski definition) is 1. The molecule has 3 nitrogen and oxygen atoms in total. The van der Waals surface area contributed by atoms with Crippen LogP contribution in [0.1, 0.15) is 23.9 Å². The van der Waals surface area contributed by atoms with Crippen LogP contribution in [0.15, 0.2) is 48.5 Å². The van der Waals surface area contributed by atoms with Gasteiger partial charge in [0.2, 0.25) is 0 Å². The van der Waals surface area contributed by atoms with Gasteiger partial charge in [-0.25, -0.2) is 0 Å². The van der Waals surface area contributed by atoms with Crippen LogP contribution in [-0.2, 0) is 6.54 Å². The lowest BCUT2D eigenvalue weighted by Crippen LogP contribution is -2.10. The van der Waals surface area contributed by atoms with E-state index >= 15 is 0 Å². The normalized spacial score (nSPS) is 10.8. The van der Waals surface area contributed by atoms with Crippen molar-refractivity contribution in [2.24, 2.45) is 0 Å². The topological polar surface area (TPSA) is 26.2 Å². The molecular formula is C21H26N2OS. The van der Waals surface area contributed by atoms with E-state index in [-0.39, 0.29) is 0 Å². The van der Waals surface area contributed by atoms with Crippen molar-refractivity contribution >= 4 is 17.0 Å². The number of aryl methyl sites for hydroxylation is 2. The van der Waals surface area contributed by atoms with Gasteiger partial charge in [-0.15, -0.1) is 11.3 Å². The van der Waals surface area contributed by atoms with Crippen LogP contribution in [0.3, 0.4) is 0 Å². The molecule has 0 aliphatic carbocycles. The maximum atomic E-state index is 5.94. The van der Waals surface area contributed by atoms with E-state index in [4.69, 9.17) is 4.74 Å². The Morgan fingerprint density at radius 1 is 1.00 bits per heavy atom. The molecule has 0 saturated heterocycles. The van der Waals surface area contributed by atoms with Crippen LogP contribution in [-0.4, -0.2) is 17.7 Å². The highest BCUT2D eigenvalue weighted by Gasteiger charge is 2.09. The Labute approximate surface area is 154 Å². The Kier molecular flexibility index (Phi) is 5.82. The zero-order valence-electron chi connectivity index (χ0n) is 15.2. The fourth-order valence-electron chi connectivity index (χ4n) is 2.85. The van der Waals surface area contributed by atoms with Crippen LogP contribution in [0.25, 0.3) is 10.6 Å². The van der Waals surface area contributed by atoms with E-state index in [1.54, 1.807) is 0 Å². The molecule has 132 valence electrons. The van der Waals surface area contributed by atoms with E-state index in [0.717, 1.165) is 30.9 Å². The molecule has 0 atom stereocenters. The summed E-state index contributed by atoms with van der Waals surface area (Å²) in [5.41, 5.74) is 3.69. The molecular weight excluding hydrogens is 328 g/mol. The van der Waals surface area contributed by atoms with Crippen molar-refractivity contribution in [3.05, 3.63) is 59.1 Å². The Hall–Kier alpha value is -2.20. The Morgan fingerprint density at radius 2 is 1.80 bits per heavy atom. The number of aromatic nitrogens is 1. The summed E-state index contributed by atoms with van der Waals surface area (Å²) in [5.74, 6) is 0.917. The molecule has 0 bridgehead atoms. The zero-order valence-corrected chi connectivity index (χ0v) is 16.0. The van der Waals surface area contributed by atoms with E-state index in [1.165, 1.54) is 21.1 Å². The molecule has 3 aromatic rings. The van der Waals surface area contributed by atoms with Gasteiger partial charge in [0.05, 0.1) is 17.1 Å². The monoisotopic (exact) mass is 354 g/mol. The highest BCUT2D eigenvalue weighted by atomic mass is 32.1. The van der Waals surface area contributed by atoms with Gasteiger partial charge in [0.15, 0.2) is 0 Å². The Bertz CT molecular complexity index is 802. The number of nitrogens with one attached hydrogen (secondary N) is 1. The summed E-state index contributed by atoms with van der Waals surface area (Å²) in [7, 11) is 0. The molecule has 4 heteroatoms. The first-order valence-electron chi connectivity index (χ1n) is 8.87. The quantitative estimate of drug-likeness (QED) is 0.559. The van der Waals surface area contributed by atoms with Crippen molar-refractivity contribution in [1.82, 2.24) is 4.57 Å². The third-order valence-electron chi connectivity index (χ3n) is 4.21. The Morgan fingerprint density at radius 3 is 2.48 bits per heavy atom. The van der Waals surface area contributed by atoms with Gasteiger partial charge in [-0.05, 0) is 68.8 Å². The second-order valence-electron chi connectivity index (χ2n) is 6.22. The summed E-state index contributed by atoms with van der Waals surface area (Å²) in [4.78, 5) is 2.66. The summed E-state index contributed by atoms with van der Waals surface area (Å²) in [6, 6.07) is 17.0. The number of benzene rings is 1. The van der Waals surface area contributed by atoms with E-state index in [0.29, 0.717) is 6.61 Å². The van der Waals surface area contributed by atoms with Crippen LogP contribution in [0.4, 0.5) is 5.69 Å². The van der Waals surface area contributed by atoms with E-state index in [9.17, 15) is 0 Å². The van der Waals surface area contributed by atoms with Crippen molar-refractivity contribution in [3.8, 4) is 16.3 Å². The predicted octanol–water partition coefficient (Wildman–Crippen LogP) is 5.73. The lowest BCUT2D eigenvalue weighted by atomic mass is 10.3. The molecule has 0 amide bonds. The fourth-order valence-corrected chi connectivity index (χ4v) is 3.75. The van der Waals surface area contributed by atoms with E-state index < -0.39 is 0 Å². The SMILES string of the molecule is CCCNc1ccc(OCCn2c(C)ccc2-c2ccc(C)s2)cc1. The van der Waals surface area contributed by atoms with Gasteiger partial charge < -0.3 is 14.6 Å². The smallest absolute Gasteiger partial charge is 0.119 e. The maximum Gasteiger partial charge on any atom is 0.119 e. The number of rotatable bonds is 8. The van der Waals surface area contributed by atoms with Crippen molar-refractivity contribution in [3.63, 3.8) is 0 Å². The molecule has 0 aliphatic heterocycles. The third-order valence-corrected chi connectivity index (χ3v) is 5.23. The first-order valence-corrected chi connectivity index (χ1v) is 9.68. The largest absolute Gasteiger partial charge is 0.492 e.